The Balaban J connectivity index is 2.64. The number of esters is 1. The minimum absolute atomic E-state index is 0.439. The summed E-state index contributed by atoms with van der Waals surface area (Å²) in [6.07, 6.45) is 2.54. The molecule has 1 rings (SSSR count). The molecule has 0 unspecified atom stereocenters. The van der Waals surface area contributed by atoms with Gasteiger partial charge in [0.15, 0.2) is 0 Å². The molecule has 0 bridgehead atoms. The Morgan fingerprint density at radius 3 is 2.87 bits per heavy atom. The van der Waals surface area contributed by atoms with Crippen LogP contribution in [0.5, 0.6) is 5.75 Å². The zero-order valence-corrected chi connectivity index (χ0v) is 9.86. The quantitative estimate of drug-likeness (QED) is 0.365. The molecule has 0 aliphatic heterocycles. The van der Waals surface area contributed by atoms with Crippen molar-refractivity contribution >= 4 is 21.9 Å². The van der Waals surface area contributed by atoms with Crippen LogP contribution in [0.3, 0.4) is 0 Å². The largest absolute Gasteiger partial charge is 0.466 e. The van der Waals surface area contributed by atoms with Crippen LogP contribution in [0.15, 0.2) is 36.6 Å². The molecule has 4 heteroatoms. The number of alkyl halides is 1. The summed E-state index contributed by atoms with van der Waals surface area (Å²) >= 11 is 3.35. The van der Waals surface area contributed by atoms with Crippen molar-refractivity contribution in [3.05, 3.63) is 42.2 Å². The predicted molar refractivity (Wildman–Crippen MR) is 60.9 cm³/mol. The van der Waals surface area contributed by atoms with Gasteiger partial charge in [-0.3, -0.25) is 0 Å². The molecule has 0 saturated heterocycles. The van der Waals surface area contributed by atoms with Crippen LogP contribution >= 0.6 is 15.9 Å². The van der Waals surface area contributed by atoms with E-state index in [2.05, 4.69) is 20.7 Å². The maximum atomic E-state index is 10.8. The van der Waals surface area contributed by atoms with Crippen molar-refractivity contribution in [2.24, 2.45) is 0 Å². The Labute approximate surface area is 96.8 Å². The zero-order valence-electron chi connectivity index (χ0n) is 8.27. The summed E-state index contributed by atoms with van der Waals surface area (Å²) in [6.45, 7) is 0. The van der Waals surface area contributed by atoms with Crippen LogP contribution in [0.4, 0.5) is 0 Å². The average Bonchev–Trinajstić information content (AvgIpc) is 2.29. The Morgan fingerprint density at radius 2 is 2.20 bits per heavy atom. The van der Waals surface area contributed by atoms with Crippen molar-refractivity contribution < 1.29 is 14.3 Å². The van der Waals surface area contributed by atoms with Gasteiger partial charge in [-0.15, -0.1) is 0 Å². The minimum atomic E-state index is -0.439. The van der Waals surface area contributed by atoms with E-state index in [-0.39, 0.29) is 0 Å². The van der Waals surface area contributed by atoms with Gasteiger partial charge in [-0.2, -0.15) is 0 Å². The Morgan fingerprint density at radius 1 is 1.47 bits per heavy atom. The molecule has 3 nitrogen and oxygen atoms in total. The summed E-state index contributed by atoms with van der Waals surface area (Å²) in [7, 11) is 1.32. The Kier molecular flexibility index (Phi) is 4.90. The molecule has 1 aromatic carbocycles. The highest BCUT2D eigenvalue weighted by Gasteiger charge is 1.99. The van der Waals surface area contributed by atoms with Gasteiger partial charge in [0.05, 0.1) is 19.4 Å². The van der Waals surface area contributed by atoms with Crippen molar-refractivity contribution in [2.75, 3.05) is 7.11 Å². The molecule has 1 aromatic rings. The summed E-state index contributed by atoms with van der Waals surface area (Å²) in [5.74, 6) is 0.279. The van der Waals surface area contributed by atoms with Crippen molar-refractivity contribution in [1.82, 2.24) is 0 Å². The average molecular weight is 271 g/mol. The molecule has 15 heavy (non-hydrogen) atoms. The van der Waals surface area contributed by atoms with Crippen LogP contribution in [0.1, 0.15) is 5.56 Å². The number of methoxy groups -OCH3 is 1. The van der Waals surface area contributed by atoms with Crippen molar-refractivity contribution in [1.29, 1.82) is 0 Å². The lowest BCUT2D eigenvalue weighted by Gasteiger charge is -2.04. The van der Waals surface area contributed by atoms with Gasteiger partial charge in [0.25, 0.3) is 0 Å². The molecule has 0 fully saturated rings. The monoisotopic (exact) mass is 270 g/mol. The number of para-hydroxylation sites is 1. The molecule has 0 spiro atoms. The first-order valence-electron chi connectivity index (χ1n) is 4.33. The summed E-state index contributed by atoms with van der Waals surface area (Å²) in [5, 5.41) is 0.704. The zero-order chi connectivity index (χ0) is 11.1. The number of ether oxygens (including phenoxy) is 2. The van der Waals surface area contributed by atoms with E-state index in [1.54, 1.807) is 0 Å². The lowest BCUT2D eigenvalue weighted by atomic mass is 10.2. The standard InChI is InChI=1S/C11H11BrO3/c1-14-11(13)6-7-15-10-5-3-2-4-9(10)8-12/h2-7H,8H2,1H3/b7-6+. The third kappa shape index (κ3) is 3.75. The summed E-state index contributed by atoms with van der Waals surface area (Å²) in [4.78, 5) is 10.8. The second-order valence-electron chi connectivity index (χ2n) is 2.69. The van der Waals surface area contributed by atoms with E-state index < -0.39 is 5.97 Å². The third-order valence-electron chi connectivity index (χ3n) is 1.72. The number of benzene rings is 1. The van der Waals surface area contributed by atoms with Crippen LogP contribution in [0.25, 0.3) is 0 Å². The van der Waals surface area contributed by atoms with E-state index in [0.717, 1.165) is 11.3 Å². The van der Waals surface area contributed by atoms with E-state index in [4.69, 9.17) is 4.74 Å². The molecule has 0 radical (unpaired) electrons. The summed E-state index contributed by atoms with van der Waals surface area (Å²) < 4.78 is 9.72. The predicted octanol–water partition coefficient (Wildman–Crippen LogP) is 2.65. The number of carbonyl (C=O) groups excluding carboxylic acids is 1. The normalized spacial score (nSPS) is 10.3. The number of hydrogen-bond acceptors (Lipinski definition) is 3. The SMILES string of the molecule is COC(=O)/C=C/Oc1ccccc1CBr. The fraction of sp³-hybridized carbons (Fsp3) is 0.182. The van der Waals surface area contributed by atoms with Crippen LogP contribution in [0, 0.1) is 0 Å². The molecule has 0 N–H and O–H groups in total. The lowest BCUT2D eigenvalue weighted by molar-refractivity contribution is -0.134. The van der Waals surface area contributed by atoms with Crippen molar-refractivity contribution in [3.8, 4) is 5.75 Å². The molecule has 80 valence electrons. The van der Waals surface area contributed by atoms with Gasteiger partial charge in [0.2, 0.25) is 0 Å². The van der Waals surface area contributed by atoms with Crippen LogP contribution in [-0.2, 0) is 14.9 Å². The molecule has 0 heterocycles. The molecule has 0 atom stereocenters. The van der Waals surface area contributed by atoms with E-state index >= 15 is 0 Å². The van der Waals surface area contributed by atoms with Crippen molar-refractivity contribution in [3.63, 3.8) is 0 Å². The fourth-order valence-electron chi connectivity index (χ4n) is 0.960. The highest BCUT2D eigenvalue weighted by atomic mass is 79.9. The second kappa shape index (κ2) is 6.24. The summed E-state index contributed by atoms with van der Waals surface area (Å²) in [6, 6.07) is 7.56. The maximum Gasteiger partial charge on any atom is 0.333 e. The minimum Gasteiger partial charge on any atom is -0.466 e. The molecule has 0 aliphatic carbocycles. The van der Waals surface area contributed by atoms with Gasteiger partial charge in [-0.05, 0) is 6.07 Å². The maximum absolute atomic E-state index is 10.8. The van der Waals surface area contributed by atoms with E-state index in [1.807, 2.05) is 24.3 Å². The van der Waals surface area contributed by atoms with Crippen LogP contribution < -0.4 is 4.74 Å². The molecular formula is C11H11BrO3. The van der Waals surface area contributed by atoms with Crippen LogP contribution in [-0.4, -0.2) is 13.1 Å². The molecular weight excluding hydrogens is 260 g/mol. The summed E-state index contributed by atoms with van der Waals surface area (Å²) in [5.41, 5.74) is 1.02. The van der Waals surface area contributed by atoms with E-state index in [9.17, 15) is 4.79 Å². The molecule has 0 saturated carbocycles. The third-order valence-corrected chi connectivity index (χ3v) is 2.32. The number of hydrogen-bond donors (Lipinski definition) is 0. The fourth-order valence-corrected chi connectivity index (χ4v) is 1.42. The van der Waals surface area contributed by atoms with E-state index in [1.165, 1.54) is 19.4 Å². The second-order valence-corrected chi connectivity index (χ2v) is 3.25. The first-order valence-corrected chi connectivity index (χ1v) is 5.45. The first-order chi connectivity index (χ1) is 7.27. The number of carbonyl (C=O) groups is 1. The van der Waals surface area contributed by atoms with Crippen molar-refractivity contribution in [2.45, 2.75) is 5.33 Å². The van der Waals surface area contributed by atoms with Gasteiger partial charge in [-0.25, -0.2) is 4.79 Å². The van der Waals surface area contributed by atoms with Gasteiger partial charge in [0.1, 0.15) is 5.75 Å². The smallest absolute Gasteiger partial charge is 0.333 e. The Hall–Kier alpha value is -1.29. The topological polar surface area (TPSA) is 35.5 Å². The van der Waals surface area contributed by atoms with E-state index in [0.29, 0.717) is 5.33 Å². The van der Waals surface area contributed by atoms with Gasteiger partial charge in [-0.1, -0.05) is 34.1 Å². The van der Waals surface area contributed by atoms with Gasteiger partial charge >= 0.3 is 5.97 Å². The molecule has 0 amide bonds. The number of halogens is 1. The van der Waals surface area contributed by atoms with Crippen LogP contribution in [0.2, 0.25) is 0 Å². The molecule has 0 aromatic heterocycles. The first kappa shape index (κ1) is 11.8. The van der Waals surface area contributed by atoms with Gasteiger partial charge < -0.3 is 9.47 Å². The highest BCUT2D eigenvalue weighted by molar-refractivity contribution is 9.08. The number of rotatable bonds is 4. The highest BCUT2D eigenvalue weighted by Crippen LogP contribution is 2.20. The van der Waals surface area contributed by atoms with Gasteiger partial charge in [0, 0.05) is 10.9 Å². The Bertz CT molecular complexity index is 361. The lowest BCUT2D eigenvalue weighted by Crippen LogP contribution is -1.95. The molecule has 0 aliphatic rings.